The standard InChI is InChI=1S/C27H29N7O4/c1-3-32-10-12-33(13-11-32)23(28)22-7-4-18(15-29-22)8-9-27(25(36)30-26(37)31-27)17-34-16-19-5-6-20(38-2)14-21(19)24(34)35/h4-7,14-15,28H,3,10-13,16-17H2,1-2H3,(H2,30,31,36,37)/t27-/m1/s1. The quantitative estimate of drug-likeness (QED) is 0.231. The number of ether oxygens (including phenoxy) is 1. The topological polar surface area (TPSA) is 131 Å². The molecule has 0 saturated carbocycles. The molecule has 2 fully saturated rings. The molecule has 0 aliphatic carbocycles. The first-order valence-corrected chi connectivity index (χ1v) is 12.5. The lowest BCUT2D eigenvalue weighted by Gasteiger charge is -2.35. The number of amidine groups is 1. The number of imide groups is 1. The number of hydrogen-bond acceptors (Lipinski definition) is 7. The summed E-state index contributed by atoms with van der Waals surface area (Å²) in [6.45, 7) is 6.68. The number of likely N-dealkylation sites (N-methyl/N-ethyl adjacent to an activating group) is 1. The van der Waals surface area contributed by atoms with Crippen LogP contribution in [0.1, 0.15) is 34.1 Å². The highest BCUT2D eigenvalue weighted by Crippen LogP contribution is 2.28. The van der Waals surface area contributed by atoms with Gasteiger partial charge < -0.3 is 24.8 Å². The van der Waals surface area contributed by atoms with E-state index in [0.717, 1.165) is 38.3 Å². The molecule has 2 aromatic rings. The number of pyridine rings is 1. The van der Waals surface area contributed by atoms with E-state index in [1.807, 2.05) is 11.0 Å². The molecule has 3 N–H and O–H groups in total. The number of urea groups is 1. The number of fused-ring (bicyclic) bond motifs is 1. The number of rotatable bonds is 5. The fourth-order valence-electron chi connectivity index (χ4n) is 4.85. The van der Waals surface area contributed by atoms with Crippen molar-refractivity contribution in [3.8, 4) is 17.6 Å². The Balaban J connectivity index is 1.33. The Hall–Kier alpha value is -4.43. The number of benzene rings is 1. The molecule has 1 aromatic carbocycles. The molecule has 3 aliphatic heterocycles. The zero-order chi connectivity index (χ0) is 26.9. The number of nitrogens with one attached hydrogen (secondary N) is 3. The lowest BCUT2D eigenvalue weighted by Crippen LogP contribution is -2.54. The van der Waals surface area contributed by atoms with Gasteiger partial charge in [-0.05, 0) is 36.4 Å². The first-order valence-electron chi connectivity index (χ1n) is 12.5. The molecule has 4 heterocycles. The SMILES string of the molecule is CCN1CCN(C(=N)c2ccc(C#C[C@]3(CN4Cc5ccc(OC)cc5C4=O)NC(=O)NC3=O)cn2)CC1. The number of amides is 4. The van der Waals surface area contributed by atoms with Crippen molar-refractivity contribution in [2.24, 2.45) is 0 Å². The van der Waals surface area contributed by atoms with Gasteiger partial charge in [0.25, 0.3) is 11.8 Å². The largest absolute Gasteiger partial charge is 0.497 e. The highest BCUT2D eigenvalue weighted by Gasteiger charge is 2.48. The summed E-state index contributed by atoms with van der Waals surface area (Å²) in [5.41, 5.74) is 0.755. The third kappa shape index (κ3) is 4.78. The highest BCUT2D eigenvalue weighted by molar-refractivity contribution is 6.10. The van der Waals surface area contributed by atoms with Gasteiger partial charge in [0.2, 0.25) is 5.54 Å². The van der Waals surface area contributed by atoms with Crippen LogP contribution in [0.2, 0.25) is 0 Å². The minimum Gasteiger partial charge on any atom is -0.497 e. The number of nitrogens with zero attached hydrogens (tertiary/aromatic N) is 4. The van der Waals surface area contributed by atoms with E-state index in [1.54, 1.807) is 30.5 Å². The van der Waals surface area contributed by atoms with Crippen LogP contribution in [-0.2, 0) is 11.3 Å². The molecule has 11 nitrogen and oxygen atoms in total. The third-order valence-corrected chi connectivity index (χ3v) is 7.13. The summed E-state index contributed by atoms with van der Waals surface area (Å²) in [7, 11) is 1.53. The van der Waals surface area contributed by atoms with Crippen LogP contribution >= 0.6 is 0 Å². The molecule has 196 valence electrons. The number of hydrogen-bond donors (Lipinski definition) is 3. The summed E-state index contributed by atoms with van der Waals surface area (Å²) in [5.74, 6) is 5.86. The molecule has 4 amide bonds. The number of aromatic nitrogens is 1. The molecule has 2 saturated heterocycles. The smallest absolute Gasteiger partial charge is 0.323 e. The first-order chi connectivity index (χ1) is 18.3. The first kappa shape index (κ1) is 25.2. The summed E-state index contributed by atoms with van der Waals surface area (Å²) in [6, 6.07) is 8.05. The van der Waals surface area contributed by atoms with Crippen LogP contribution < -0.4 is 15.4 Å². The van der Waals surface area contributed by atoms with E-state index in [1.165, 1.54) is 12.0 Å². The lowest BCUT2D eigenvalue weighted by molar-refractivity contribution is -0.122. The molecule has 0 radical (unpaired) electrons. The fourth-order valence-corrected chi connectivity index (χ4v) is 4.85. The maximum atomic E-state index is 13.1. The monoisotopic (exact) mass is 515 g/mol. The van der Waals surface area contributed by atoms with Crippen molar-refractivity contribution in [1.29, 1.82) is 5.41 Å². The van der Waals surface area contributed by atoms with Crippen LogP contribution in [0.5, 0.6) is 5.75 Å². The summed E-state index contributed by atoms with van der Waals surface area (Å²) < 4.78 is 5.22. The van der Waals surface area contributed by atoms with Crippen LogP contribution in [0.4, 0.5) is 4.79 Å². The van der Waals surface area contributed by atoms with Gasteiger partial charge in [0.1, 0.15) is 17.3 Å². The van der Waals surface area contributed by atoms with E-state index in [9.17, 15) is 14.4 Å². The number of carbonyl (C=O) groups excluding carboxylic acids is 3. The zero-order valence-corrected chi connectivity index (χ0v) is 21.3. The van der Waals surface area contributed by atoms with Crippen LogP contribution in [0.3, 0.4) is 0 Å². The minimum atomic E-state index is -1.61. The molecule has 1 atom stereocenters. The molecular weight excluding hydrogens is 486 g/mol. The molecule has 3 aliphatic rings. The van der Waals surface area contributed by atoms with Gasteiger partial charge in [-0.25, -0.2) is 4.79 Å². The van der Waals surface area contributed by atoms with E-state index in [2.05, 4.69) is 39.3 Å². The summed E-state index contributed by atoms with van der Waals surface area (Å²) >= 11 is 0. The summed E-state index contributed by atoms with van der Waals surface area (Å²) in [4.78, 5) is 48.2. The Morgan fingerprint density at radius 3 is 2.58 bits per heavy atom. The maximum absolute atomic E-state index is 13.1. The van der Waals surface area contributed by atoms with Gasteiger partial charge >= 0.3 is 6.03 Å². The van der Waals surface area contributed by atoms with E-state index in [0.29, 0.717) is 28.4 Å². The molecule has 0 spiro atoms. The number of methoxy groups -OCH3 is 1. The minimum absolute atomic E-state index is 0.118. The van der Waals surface area contributed by atoms with Crippen LogP contribution in [0.25, 0.3) is 0 Å². The Morgan fingerprint density at radius 2 is 1.95 bits per heavy atom. The average molecular weight is 516 g/mol. The summed E-state index contributed by atoms with van der Waals surface area (Å²) in [5, 5.41) is 13.4. The Kier molecular flexibility index (Phi) is 6.73. The molecule has 0 bridgehead atoms. The van der Waals surface area contributed by atoms with Gasteiger partial charge in [-0.2, -0.15) is 0 Å². The Labute approximate surface area is 220 Å². The number of carbonyl (C=O) groups is 3. The molecule has 5 rings (SSSR count). The van der Waals surface area contributed by atoms with Crippen LogP contribution in [0.15, 0.2) is 36.5 Å². The van der Waals surface area contributed by atoms with E-state index in [4.69, 9.17) is 10.1 Å². The molecule has 11 heteroatoms. The van der Waals surface area contributed by atoms with Crippen molar-refractivity contribution in [2.45, 2.75) is 19.0 Å². The zero-order valence-electron chi connectivity index (χ0n) is 21.3. The van der Waals surface area contributed by atoms with E-state index >= 15 is 0 Å². The van der Waals surface area contributed by atoms with Gasteiger partial charge in [-0.15, -0.1) is 0 Å². The van der Waals surface area contributed by atoms with Gasteiger partial charge in [-0.1, -0.05) is 24.8 Å². The predicted molar refractivity (Wildman–Crippen MR) is 139 cm³/mol. The van der Waals surface area contributed by atoms with Crippen molar-refractivity contribution in [1.82, 2.24) is 30.3 Å². The van der Waals surface area contributed by atoms with Crippen molar-refractivity contribution in [3.05, 3.63) is 58.9 Å². The lowest BCUT2D eigenvalue weighted by atomic mass is 9.99. The molecule has 0 unspecified atom stereocenters. The molecule has 1 aromatic heterocycles. The van der Waals surface area contributed by atoms with Gasteiger partial charge in [0.15, 0.2) is 0 Å². The summed E-state index contributed by atoms with van der Waals surface area (Å²) in [6.07, 6.45) is 1.55. The van der Waals surface area contributed by atoms with E-state index in [-0.39, 0.29) is 19.0 Å². The van der Waals surface area contributed by atoms with Crippen molar-refractivity contribution in [2.75, 3.05) is 46.4 Å². The predicted octanol–water partition coefficient (Wildman–Crippen LogP) is 0.639. The molecule has 38 heavy (non-hydrogen) atoms. The number of piperazine rings is 1. The van der Waals surface area contributed by atoms with Crippen molar-refractivity contribution < 1.29 is 19.1 Å². The Bertz CT molecular complexity index is 1360. The fraction of sp³-hybridized carbons (Fsp3) is 0.370. The van der Waals surface area contributed by atoms with E-state index < -0.39 is 17.5 Å². The normalized spacial score (nSPS) is 20.9. The highest BCUT2D eigenvalue weighted by atomic mass is 16.5. The van der Waals surface area contributed by atoms with Crippen LogP contribution in [-0.4, -0.2) is 95.3 Å². The van der Waals surface area contributed by atoms with Gasteiger partial charge in [-0.3, -0.25) is 25.3 Å². The second-order valence-electron chi connectivity index (χ2n) is 9.45. The second kappa shape index (κ2) is 10.1. The second-order valence-corrected chi connectivity index (χ2v) is 9.45. The van der Waals surface area contributed by atoms with Gasteiger partial charge in [0.05, 0.1) is 13.7 Å². The Morgan fingerprint density at radius 1 is 1.16 bits per heavy atom. The van der Waals surface area contributed by atoms with Crippen molar-refractivity contribution >= 4 is 23.7 Å². The van der Waals surface area contributed by atoms with Crippen molar-refractivity contribution in [3.63, 3.8) is 0 Å². The average Bonchev–Trinajstić information content (AvgIpc) is 3.40. The third-order valence-electron chi connectivity index (χ3n) is 7.13. The molecular formula is C27H29N7O4. The van der Waals surface area contributed by atoms with Gasteiger partial charge in [0, 0.05) is 50.0 Å². The van der Waals surface area contributed by atoms with Crippen LogP contribution in [0, 0.1) is 17.3 Å². The maximum Gasteiger partial charge on any atom is 0.323 e.